The van der Waals surface area contributed by atoms with Crippen LogP contribution in [0, 0.1) is 0 Å². The zero-order valence-corrected chi connectivity index (χ0v) is 10.9. The second-order valence-electron chi connectivity index (χ2n) is 4.22. The van der Waals surface area contributed by atoms with Gasteiger partial charge in [0.05, 0.1) is 12.6 Å². The largest absolute Gasteiger partial charge is 0.464 e. The number of alkyl halides is 2. The molecule has 0 aliphatic carbocycles. The van der Waals surface area contributed by atoms with Crippen LogP contribution in [0.3, 0.4) is 0 Å². The summed E-state index contributed by atoms with van der Waals surface area (Å²) in [6.07, 6.45) is -4.15. The fraction of sp³-hybridized carbons (Fsp3) is 0.364. The number of halogens is 2. The van der Waals surface area contributed by atoms with Crippen LogP contribution in [-0.4, -0.2) is 36.6 Å². The number of hydrogen-bond donors (Lipinski definition) is 1. The Morgan fingerprint density at radius 3 is 2.50 bits per heavy atom. The highest BCUT2D eigenvalue weighted by molar-refractivity contribution is 7.85. The number of carboxylic acid groups (broad SMARTS) is 1. The lowest BCUT2D eigenvalue weighted by Gasteiger charge is -2.17. The Balaban J connectivity index is 2.15. The highest BCUT2D eigenvalue weighted by atomic mass is 32.2. The Kier molecular flexibility index (Phi) is 3.91. The van der Waals surface area contributed by atoms with E-state index in [9.17, 15) is 22.0 Å². The molecule has 0 radical (unpaired) electrons. The van der Waals surface area contributed by atoms with Gasteiger partial charge in [-0.3, -0.25) is 4.18 Å². The van der Waals surface area contributed by atoms with Crippen molar-refractivity contribution in [1.82, 2.24) is 4.31 Å². The minimum absolute atomic E-state index is 0.0645. The summed E-state index contributed by atoms with van der Waals surface area (Å²) in [5.41, 5.74) is 0.394. The molecule has 110 valence electrons. The molecule has 1 aromatic carbocycles. The molecule has 1 aliphatic heterocycles. The van der Waals surface area contributed by atoms with Crippen molar-refractivity contribution in [2.75, 3.05) is 6.61 Å². The summed E-state index contributed by atoms with van der Waals surface area (Å²) in [7, 11) is -4.26. The zero-order chi connectivity index (χ0) is 14.9. The minimum atomic E-state index is -4.26. The van der Waals surface area contributed by atoms with Crippen LogP contribution < -0.4 is 0 Å². The third kappa shape index (κ3) is 2.88. The van der Waals surface area contributed by atoms with E-state index in [0.717, 1.165) is 0 Å². The Labute approximate surface area is 113 Å². The Morgan fingerprint density at radius 1 is 1.40 bits per heavy atom. The standard InChI is InChI=1S/C11H11F2NO5S/c12-10(13)8-3-1-7(2-4-8)5-9-6-19-20(17,18)14(9)11(15)16/h1-4,9-10H,5-6H2,(H,15,16)/t9-/m0/s1. The van der Waals surface area contributed by atoms with Gasteiger partial charge in [0.15, 0.2) is 0 Å². The Morgan fingerprint density at radius 2 is 2.00 bits per heavy atom. The van der Waals surface area contributed by atoms with Gasteiger partial charge in [-0.1, -0.05) is 24.3 Å². The molecule has 1 atom stereocenters. The molecule has 1 aliphatic rings. The van der Waals surface area contributed by atoms with E-state index in [1.807, 2.05) is 0 Å². The average molecular weight is 307 g/mol. The lowest BCUT2D eigenvalue weighted by atomic mass is 10.0. The van der Waals surface area contributed by atoms with Gasteiger partial charge in [-0.2, -0.15) is 12.7 Å². The predicted molar refractivity (Wildman–Crippen MR) is 63.6 cm³/mol. The van der Waals surface area contributed by atoms with Crippen LogP contribution in [-0.2, 0) is 20.9 Å². The molecule has 0 saturated carbocycles. The van der Waals surface area contributed by atoms with Crippen LogP contribution in [0.5, 0.6) is 0 Å². The molecular weight excluding hydrogens is 296 g/mol. The highest BCUT2D eigenvalue weighted by Crippen LogP contribution is 2.24. The molecule has 1 amide bonds. The predicted octanol–water partition coefficient (Wildman–Crippen LogP) is 1.79. The lowest BCUT2D eigenvalue weighted by molar-refractivity contribution is 0.151. The Bertz CT molecular complexity index is 602. The third-order valence-corrected chi connectivity index (χ3v) is 4.24. The minimum Gasteiger partial charge on any atom is -0.464 e. The van der Waals surface area contributed by atoms with E-state index >= 15 is 0 Å². The van der Waals surface area contributed by atoms with E-state index < -0.39 is 28.9 Å². The molecule has 9 heteroatoms. The lowest BCUT2D eigenvalue weighted by Crippen LogP contribution is -2.39. The molecule has 0 aromatic heterocycles. The van der Waals surface area contributed by atoms with Crippen molar-refractivity contribution >= 4 is 16.4 Å². The van der Waals surface area contributed by atoms with E-state index in [1.165, 1.54) is 24.3 Å². The quantitative estimate of drug-likeness (QED) is 0.920. The van der Waals surface area contributed by atoms with Crippen LogP contribution in [0.2, 0.25) is 0 Å². The maximum atomic E-state index is 12.4. The van der Waals surface area contributed by atoms with Crippen molar-refractivity contribution in [2.45, 2.75) is 18.9 Å². The van der Waals surface area contributed by atoms with Gasteiger partial charge in [0, 0.05) is 5.56 Å². The van der Waals surface area contributed by atoms with Crippen molar-refractivity contribution < 1.29 is 31.3 Å². The van der Waals surface area contributed by atoms with Crippen LogP contribution in [0.25, 0.3) is 0 Å². The van der Waals surface area contributed by atoms with E-state index in [2.05, 4.69) is 4.18 Å². The molecule has 0 bridgehead atoms. The van der Waals surface area contributed by atoms with Gasteiger partial charge in [-0.25, -0.2) is 13.6 Å². The number of nitrogens with zero attached hydrogens (tertiary/aromatic N) is 1. The molecule has 2 rings (SSSR count). The SMILES string of the molecule is O=C(O)N1[C@@H](Cc2ccc(C(F)F)cc2)COS1(=O)=O. The summed E-state index contributed by atoms with van der Waals surface area (Å²) >= 11 is 0. The van der Waals surface area contributed by atoms with Crippen LogP contribution in [0.15, 0.2) is 24.3 Å². The highest BCUT2D eigenvalue weighted by Gasteiger charge is 2.42. The van der Waals surface area contributed by atoms with Crippen molar-refractivity contribution in [3.8, 4) is 0 Å². The monoisotopic (exact) mass is 307 g/mol. The first kappa shape index (κ1) is 14.7. The summed E-state index contributed by atoms with van der Waals surface area (Å²) in [6.45, 7) is -0.286. The fourth-order valence-corrected chi connectivity index (χ4v) is 3.07. The van der Waals surface area contributed by atoms with Crippen molar-refractivity contribution in [3.63, 3.8) is 0 Å². The first-order chi connectivity index (χ1) is 9.31. The summed E-state index contributed by atoms with van der Waals surface area (Å²) < 4.78 is 52.2. The van der Waals surface area contributed by atoms with Gasteiger partial charge >= 0.3 is 16.4 Å². The van der Waals surface area contributed by atoms with Gasteiger partial charge in [-0.05, 0) is 12.0 Å². The molecule has 1 fully saturated rings. The van der Waals surface area contributed by atoms with Gasteiger partial charge in [-0.15, -0.1) is 0 Å². The van der Waals surface area contributed by atoms with Crippen molar-refractivity contribution in [2.24, 2.45) is 0 Å². The molecule has 1 saturated heterocycles. The molecule has 6 nitrogen and oxygen atoms in total. The smallest absolute Gasteiger partial charge is 0.423 e. The summed E-state index contributed by atoms with van der Waals surface area (Å²) in [5, 5.41) is 8.88. The normalized spacial score (nSPS) is 21.4. The van der Waals surface area contributed by atoms with E-state index in [1.54, 1.807) is 0 Å². The van der Waals surface area contributed by atoms with Crippen molar-refractivity contribution in [3.05, 3.63) is 35.4 Å². The van der Waals surface area contributed by atoms with Gasteiger partial charge in [0.25, 0.3) is 6.43 Å². The third-order valence-electron chi connectivity index (χ3n) is 2.87. The van der Waals surface area contributed by atoms with Crippen molar-refractivity contribution in [1.29, 1.82) is 0 Å². The number of benzene rings is 1. The van der Waals surface area contributed by atoms with E-state index in [-0.39, 0.29) is 22.9 Å². The van der Waals surface area contributed by atoms with Gasteiger partial charge < -0.3 is 5.11 Å². The fourth-order valence-electron chi connectivity index (χ4n) is 1.94. The first-order valence-corrected chi connectivity index (χ1v) is 6.96. The second kappa shape index (κ2) is 5.33. The maximum absolute atomic E-state index is 12.4. The zero-order valence-electron chi connectivity index (χ0n) is 10.1. The molecule has 1 N–H and O–H groups in total. The molecule has 1 aromatic rings. The summed E-state index contributed by atoms with van der Waals surface area (Å²) in [4.78, 5) is 10.9. The van der Waals surface area contributed by atoms with E-state index in [0.29, 0.717) is 5.56 Å². The van der Waals surface area contributed by atoms with Gasteiger partial charge in [0.1, 0.15) is 0 Å². The topological polar surface area (TPSA) is 83.9 Å². The molecule has 20 heavy (non-hydrogen) atoms. The van der Waals surface area contributed by atoms with Crippen LogP contribution in [0.4, 0.5) is 13.6 Å². The summed E-state index contributed by atoms with van der Waals surface area (Å²) in [5.74, 6) is 0. The summed E-state index contributed by atoms with van der Waals surface area (Å²) in [6, 6.07) is 4.36. The average Bonchev–Trinajstić information content (AvgIpc) is 2.65. The molecule has 1 heterocycles. The molecule has 0 spiro atoms. The number of amides is 1. The Hall–Kier alpha value is -1.74. The van der Waals surface area contributed by atoms with Crippen LogP contribution >= 0.6 is 0 Å². The maximum Gasteiger partial charge on any atom is 0.423 e. The second-order valence-corrected chi connectivity index (χ2v) is 5.71. The molecule has 0 unspecified atom stereocenters. The number of hydrogen-bond acceptors (Lipinski definition) is 4. The first-order valence-electron chi connectivity index (χ1n) is 5.60. The number of carbonyl (C=O) groups is 1. The molecular formula is C11H11F2NO5S. The number of rotatable bonds is 3. The van der Waals surface area contributed by atoms with Crippen LogP contribution in [0.1, 0.15) is 17.6 Å². The van der Waals surface area contributed by atoms with E-state index in [4.69, 9.17) is 5.11 Å². The van der Waals surface area contributed by atoms with Gasteiger partial charge in [0.2, 0.25) is 0 Å².